The van der Waals surface area contributed by atoms with E-state index in [0.717, 1.165) is 50.4 Å². The normalized spacial score (nSPS) is 14.9. The summed E-state index contributed by atoms with van der Waals surface area (Å²) in [5.74, 6) is 1.98. The molecule has 0 amide bonds. The molecule has 0 unspecified atom stereocenters. The third-order valence-corrected chi connectivity index (χ3v) is 5.52. The second-order valence-corrected chi connectivity index (χ2v) is 7.67. The molecule has 1 aliphatic rings. The molecule has 4 aromatic rings. The van der Waals surface area contributed by atoms with Crippen molar-refractivity contribution in [2.45, 2.75) is 45.6 Å². The standard InChI is InChI=1S/C21H25N7O/c1-2-11-27-18-17(23-20(24-18)26-12-7-4-8-13-26)19(29)28-21(27)22-16(25-28)14-15-9-5-3-6-10-15/h3,5-6,9-10H,2,4,7-8,11-14H2,1H3,(H,23,24). The van der Waals surface area contributed by atoms with Gasteiger partial charge in [0, 0.05) is 26.1 Å². The Kier molecular flexibility index (Phi) is 4.54. The molecule has 0 saturated carbocycles. The summed E-state index contributed by atoms with van der Waals surface area (Å²) in [6.45, 7) is 4.78. The van der Waals surface area contributed by atoms with Crippen molar-refractivity contribution < 1.29 is 0 Å². The van der Waals surface area contributed by atoms with Crippen LogP contribution >= 0.6 is 0 Å². The van der Waals surface area contributed by atoms with Crippen molar-refractivity contribution >= 4 is 22.9 Å². The molecule has 4 heterocycles. The minimum absolute atomic E-state index is 0.190. The van der Waals surface area contributed by atoms with E-state index in [0.29, 0.717) is 29.2 Å². The molecular formula is C21H25N7O. The first-order valence-electron chi connectivity index (χ1n) is 10.4. The maximum Gasteiger partial charge on any atom is 0.301 e. The summed E-state index contributed by atoms with van der Waals surface area (Å²) >= 11 is 0. The Morgan fingerprint density at radius 1 is 1.07 bits per heavy atom. The van der Waals surface area contributed by atoms with E-state index in [-0.39, 0.29) is 5.56 Å². The van der Waals surface area contributed by atoms with Crippen molar-refractivity contribution in [3.63, 3.8) is 0 Å². The molecule has 0 aliphatic carbocycles. The van der Waals surface area contributed by atoms with Crippen molar-refractivity contribution in [2.24, 2.45) is 0 Å². The number of anilines is 1. The van der Waals surface area contributed by atoms with Gasteiger partial charge in [-0.15, -0.1) is 5.10 Å². The van der Waals surface area contributed by atoms with Gasteiger partial charge in [-0.25, -0.2) is 0 Å². The molecule has 0 spiro atoms. The molecule has 1 saturated heterocycles. The Balaban J connectivity index is 1.64. The Morgan fingerprint density at radius 2 is 1.86 bits per heavy atom. The van der Waals surface area contributed by atoms with Crippen molar-refractivity contribution in [1.82, 2.24) is 29.1 Å². The highest BCUT2D eigenvalue weighted by Gasteiger charge is 2.21. The zero-order valence-corrected chi connectivity index (χ0v) is 16.6. The number of imidazole rings is 1. The maximum atomic E-state index is 13.2. The van der Waals surface area contributed by atoms with E-state index in [1.807, 2.05) is 34.9 Å². The van der Waals surface area contributed by atoms with Crippen LogP contribution < -0.4 is 10.5 Å². The number of rotatable bonds is 5. The number of nitrogens with zero attached hydrogens (tertiary/aromatic N) is 6. The highest BCUT2D eigenvalue weighted by atomic mass is 16.1. The van der Waals surface area contributed by atoms with Gasteiger partial charge in [-0.2, -0.15) is 14.5 Å². The van der Waals surface area contributed by atoms with Gasteiger partial charge < -0.3 is 9.88 Å². The summed E-state index contributed by atoms with van der Waals surface area (Å²) in [5, 5.41) is 4.53. The van der Waals surface area contributed by atoms with Crippen molar-refractivity contribution in [3.8, 4) is 0 Å². The number of hydrogen-bond donors (Lipinski definition) is 1. The average molecular weight is 391 g/mol. The molecule has 8 heteroatoms. The minimum Gasteiger partial charge on any atom is -0.342 e. The molecule has 8 nitrogen and oxygen atoms in total. The Hall–Kier alpha value is -3.16. The number of aromatic amines is 1. The van der Waals surface area contributed by atoms with Gasteiger partial charge in [0.15, 0.2) is 17.0 Å². The number of aryl methyl sites for hydroxylation is 1. The minimum atomic E-state index is -0.190. The molecule has 150 valence electrons. The fourth-order valence-electron chi connectivity index (χ4n) is 4.09. The van der Waals surface area contributed by atoms with Gasteiger partial charge >= 0.3 is 5.56 Å². The molecule has 1 N–H and O–H groups in total. The second-order valence-electron chi connectivity index (χ2n) is 7.67. The lowest BCUT2D eigenvalue weighted by Crippen LogP contribution is -2.30. The molecule has 3 aromatic heterocycles. The number of hydrogen-bond acceptors (Lipinski definition) is 5. The van der Waals surface area contributed by atoms with Crippen LogP contribution in [0.25, 0.3) is 16.9 Å². The zero-order chi connectivity index (χ0) is 19.8. The Morgan fingerprint density at radius 3 is 2.62 bits per heavy atom. The van der Waals surface area contributed by atoms with E-state index < -0.39 is 0 Å². The van der Waals surface area contributed by atoms with Crippen LogP contribution in [0.4, 0.5) is 5.95 Å². The van der Waals surface area contributed by atoms with Gasteiger partial charge in [0.1, 0.15) is 0 Å². The molecule has 1 aromatic carbocycles. The smallest absolute Gasteiger partial charge is 0.301 e. The van der Waals surface area contributed by atoms with Crippen LogP contribution in [0, 0.1) is 0 Å². The van der Waals surface area contributed by atoms with Gasteiger partial charge in [-0.05, 0) is 31.2 Å². The lowest BCUT2D eigenvalue weighted by molar-refractivity contribution is 0.570. The van der Waals surface area contributed by atoms with Crippen LogP contribution in [0.1, 0.15) is 44.0 Å². The van der Waals surface area contributed by atoms with Crippen LogP contribution in [-0.4, -0.2) is 42.2 Å². The fraction of sp³-hybridized carbons (Fsp3) is 0.429. The van der Waals surface area contributed by atoms with Gasteiger partial charge in [-0.3, -0.25) is 9.36 Å². The van der Waals surface area contributed by atoms with Crippen LogP contribution in [0.15, 0.2) is 35.1 Å². The summed E-state index contributed by atoms with van der Waals surface area (Å²) < 4.78 is 3.44. The summed E-state index contributed by atoms with van der Waals surface area (Å²) in [7, 11) is 0. The van der Waals surface area contributed by atoms with Gasteiger partial charge in [0.05, 0.1) is 0 Å². The quantitative estimate of drug-likeness (QED) is 0.565. The van der Waals surface area contributed by atoms with E-state index >= 15 is 0 Å². The summed E-state index contributed by atoms with van der Waals surface area (Å²) in [6, 6.07) is 10.1. The lowest BCUT2D eigenvalue weighted by Gasteiger charge is -2.25. The molecule has 0 bridgehead atoms. The zero-order valence-electron chi connectivity index (χ0n) is 16.6. The van der Waals surface area contributed by atoms with Crippen molar-refractivity contribution in [3.05, 3.63) is 52.1 Å². The van der Waals surface area contributed by atoms with Crippen LogP contribution in [0.3, 0.4) is 0 Å². The van der Waals surface area contributed by atoms with Gasteiger partial charge in [0.2, 0.25) is 11.7 Å². The summed E-state index contributed by atoms with van der Waals surface area (Å²) in [6.07, 6.45) is 5.07. The van der Waals surface area contributed by atoms with E-state index in [1.54, 1.807) is 0 Å². The molecule has 1 fully saturated rings. The molecule has 29 heavy (non-hydrogen) atoms. The fourth-order valence-corrected chi connectivity index (χ4v) is 4.09. The average Bonchev–Trinajstić information content (AvgIpc) is 3.38. The number of aromatic nitrogens is 6. The lowest BCUT2D eigenvalue weighted by atomic mass is 10.1. The van der Waals surface area contributed by atoms with E-state index in [4.69, 9.17) is 9.97 Å². The van der Waals surface area contributed by atoms with Crippen LogP contribution in [-0.2, 0) is 13.0 Å². The number of fused-ring (bicyclic) bond motifs is 2. The molecule has 0 radical (unpaired) electrons. The predicted molar refractivity (Wildman–Crippen MR) is 113 cm³/mol. The first-order valence-corrected chi connectivity index (χ1v) is 10.4. The Bertz CT molecular complexity index is 1200. The number of piperidine rings is 1. The van der Waals surface area contributed by atoms with Crippen molar-refractivity contribution in [1.29, 1.82) is 0 Å². The van der Waals surface area contributed by atoms with Crippen LogP contribution in [0.2, 0.25) is 0 Å². The largest absolute Gasteiger partial charge is 0.342 e. The monoisotopic (exact) mass is 391 g/mol. The Labute approximate surface area is 168 Å². The van der Waals surface area contributed by atoms with Crippen molar-refractivity contribution in [2.75, 3.05) is 18.0 Å². The van der Waals surface area contributed by atoms with Gasteiger partial charge in [-0.1, -0.05) is 37.3 Å². The third kappa shape index (κ3) is 3.18. The molecule has 5 rings (SSSR count). The number of benzene rings is 1. The highest BCUT2D eigenvalue weighted by Crippen LogP contribution is 2.21. The maximum absolute atomic E-state index is 13.2. The summed E-state index contributed by atoms with van der Waals surface area (Å²) in [5.41, 5.74) is 2.10. The van der Waals surface area contributed by atoms with Crippen LogP contribution in [0.5, 0.6) is 0 Å². The number of nitrogens with one attached hydrogen (secondary N) is 1. The first kappa shape index (κ1) is 17.9. The van der Waals surface area contributed by atoms with E-state index in [9.17, 15) is 4.79 Å². The summed E-state index contributed by atoms with van der Waals surface area (Å²) in [4.78, 5) is 28.2. The first-order chi connectivity index (χ1) is 14.2. The number of H-pyrrole nitrogens is 1. The predicted octanol–water partition coefficient (Wildman–Crippen LogP) is 2.76. The SMILES string of the molecule is CCCn1c2nc(N3CCCCC3)[nH]c2c(=O)n2nc(Cc3ccccc3)nc12. The molecule has 1 aliphatic heterocycles. The topological polar surface area (TPSA) is 84.1 Å². The second kappa shape index (κ2) is 7.35. The third-order valence-electron chi connectivity index (χ3n) is 5.52. The molecular weight excluding hydrogens is 366 g/mol. The van der Waals surface area contributed by atoms with E-state index in [1.165, 1.54) is 10.9 Å². The highest BCUT2D eigenvalue weighted by molar-refractivity contribution is 5.75. The molecule has 0 atom stereocenters. The van der Waals surface area contributed by atoms with E-state index in [2.05, 4.69) is 21.9 Å². The van der Waals surface area contributed by atoms with Gasteiger partial charge in [0.25, 0.3) is 0 Å².